The van der Waals surface area contributed by atoms with Crippen molar-refractivity contribution in [1.29, 1.82) is 0 Å². The number of halogens is 2. The first kappa shape index (κ1) is 30.5. The van der Waals surface area contributed by atoms with Crippen molar-refractivity contribution in [2.24, 2.45) is 0 Å². The molecule has 0 aliphatic carbocycles. The zero-order valence-corrected chi connectivity index (χ0v) is 24.7. The highest BCUT2D eigenvalue weighted by Gasteiger charge is 2.33. The van der Waals surface area contributed by atoms with Gasteiger partial charge in [0.05, 0.1) is 22.0 Å². The number of hydrogen-bond acceptors (Lipinski definition) is 4. The van der Waals surface area contributed by atoms with E-state index in [-0.39, 0.29) is 24.9 Å². The molecule has 3 aromatic carbocycles. The number of aryl methyl sites for hydroxylation is 1. The molecule has 3 aromatic rings. The van der Waals surface area contributed by atoms with Gasteiger partial charge in [0.25, 0.3) is 0 Å². The number of nitrogens with one attached hydrogen (secondary N) is 1. The minimum atomic E-state index is -3.82. The van der Waals surface area contributed by atoms with Crippen LogP contribution in [0.2, 0.25) is 10.0 Å². The van der Waals surface area contributed by atoms with Crippen LogP contribution in [-0.4, -0.2) is 50.0 Å². The second kappa shape index (κ2) is 13.3. The maximum Gasteiger partial charge on any atom is 0.244 e. The van der Waals surface area contributed by atoms with E-state index in [1.807, 2.05) is 51.1 Å². The Morgan fingerprint density at radius 1 is 0.897 bits per heavy atom. The van der Waals surface area contributed by atoms with Gasteiger partial charge >= 0.3 is 0 Å². The molecule has 0 fully saturated rings. The molecule has 2 amide bonds. The summed E-state index contributed by atoms with van der Waals surface area (Å²) in [6, 6.07) is 20.1. The molecule has 3 rings (SSSR count). The highest BCUT2D eigenvalue weighted by atomic mass is 35.5. The average Bonchev–Trinajstić information content (AvgIpc) is 2.87. The molecule has 0 aliphatic rings. The lowest BCUT2D eigenvalue weighted by atomic mass is 10.0. The van der Waals surface area contributed by atoms with Gasteiger partial charge in [0.15, 0.2) is 0 Å². The third kappa shape index (κ3) is 8.71. The smallest absolute Gasteiger partial charge is 0.244 e. The van der Waals surface area contributed by atoms with Crippen LogP contribution in [0.25, 0.3) is 0 Å². The highest BCUT2D eigenvalue weighted by Crippen LogP contribution is 2.25. The van der Waals surface area contributed by atoms with Crippen LogP contribution < -0.4 is 9.62 Å². The number of amides is 2. The van der Waals surface area contributed by atoms with Gasteiger partial charge in [-0.3, -0.25) is 13.9 Å². The first-order chi connectivity index (χ1) is 18.3. The van der Waals surface area contributed by atoms with Gasteiger partial charge in [-0.05, 0) is 56.2 Å². The van der Waals surface area contributed by atoms with Crippen LogP contribution in [-0.2, 0) is 32.6 Å². The second-order valence-electron chi connectivity index (χ2n) is 9.74. The Morgan fingerprint density at radius 3 is 2.10 bits per heavy atom. The fraction of sp³-hybridized carbons (Fsp3) is 0.310. The molecule has 0 unspecified atom stereocenters. The number of hydrogen-bond donors (Lipinski definition) is 1. The van der Waals surface area contributed by atoms with Gasteiger partial charge in [0.1, 0.15) is 12.6 Å². The second-order valence-corrected chi connectivity index (χ2v) is 12.5. The van der Waals surface area contributed by atoms with Crippen molar-refractivity contribution in [1.82, 2.24) is 10.2 Å². The number of nitrogens with zero attached hydrogens (tertiary/aromatic N) is 2. The summed E-state index contributed by atoms with van der Waals surface area (Å²) in [5.41, 5.74) is 2.81. The topological polar surface area (TPSA) is 86.8 Å². The number of sulfonamides is 1. The summed E-state index contributed by atoms with van der Waals surface area (Å²) >= 11 is 12.4. The monoisotopic (exact) mass is 589 g/mol. The van der Waals surface area contributed by atoms with E-state index in [2.05, 4.69) is 5.32 Å². The SMILES string of the molecule is Cc1ccc(N(CC(=O)N(Cc2ccc(Cl)c(Cl)c2)[C@H](Cc2ccccc2)C(=O)NC(C)C)S(C)(=O)=O)cc1. The third-order valence-electron chi connectivity index (χ3n) is 6.04. The van der Waals surface area contributed by atoms with E-state index in [0.717, 1.165) is 21.7 Å². The van der Waals surface area contributed by atoms with Crippen molar-refractivity contribution >= 4 is 50.7 Å². The first-order valence-corrected chi connectivity index (χ1v) is 15.1. The van der Waals surface area contributed by atoms with Gasteiger partial charge in [0.2, 0.25) is 21.8 Å². The summed E-state index contributed by atoms with van der Waals surface area (Å²) in [6.07, 6.45) is 1.28. The summed E-state index contributed by atoms with van der Waals surface area (Å²) in [5.74, 6) is -0.879. The predicted molar refractivity (Wildman–Crippen MR) is 158 cm³/mol. The van der Waals surface area contributed by atoms with Gasteiger partial charge in [-0.15, -0.1) is 0 Å². The third-order valence-corrected chi connectivity index (χ3v) is 7.92. The summed E-state index contributed by atoms with van der Waals surface area (Å²) in [6.45, 7) is 5.10. The molecular weight excluding hydrogens is 557 g/mol. The van der Waals surface area contributed by atoms with E-state index < -0.39 is 28.5 Å². The van der Waals surface area contributed by atoms with Crippen LogP contribution in [0.3, 0.4) is 0 Å². The molecule has 0 aromatic heterocycles. The molecule has 0 saturated heterocycles. The molecule has 7 nitrogen and oxygen atoms in total. The number of rotatable bonds is 11. The first-order valence-electron chi connectivity index (χ1n) is 12.5. The molecule has 0 aliphatic heterocycles. The largest absolute Gasteiger partial charge is 0.352 e. The van der Waals surface area contributed by atoms with E-state index in [9.17, 15) is 18.0 Å². The van der Waals surface area contributed by atoms with Gasteiger partial charge in [-0.1, -0.05) is 77.3 Å². The van der Waals surface area contributed by atoms with Crippen LogP contribution in [0.5, 0.6) is 0 Å². The van der Waals surface area contributed by atoms with E-state index in [0.29, 0.717) is 21.3 Å². The summed E-state index contributed by atoms with van der Waals surface area (Å²) in [7, 11) is -3.82. The minimum absolute atomic E-state index is 0.0181. The molecule has 0 spiro atoms. The Labute approximate surface area is 240 Å². The molecule has 39 heavy (non-hydrogen) atoms. The molecule has 0 bridgehead atoms. The molecule has 208 valence electrons. The Hall–Kier alpha value is -3.07. The standard InChI is InChI=1S/C29H33Cl2N3O4S/c1-20(2)32-29(36)27(17-22-8-6-5-7-9-22)33(18-23-12-15-25(30)26(31)16-23)28(35)19-34(39(4,37)38)24-13-10-21(3)11-14-24/h5-16,20,27H,17-19H2,1-4H3,(H,32,36)/t27-/m1/s1. The van der Waals surface area contributed by atoms with Gasteiger partial charge in [-0.2, -0.15) is 0 Å². The Bertz CT molecular complexity index is 1400. The number of benzene rings is 3. The number of carbonyl (C=O) groups excluding carboxylic acids is 2. The van der Waals surface area contributed by atoms with Crippen molar-refractivity contribution < 1.29 is 18.0 Å². The molecule has 0 heterocycles. The zero-order chi connectivity index (χ0) is 28.7. The summed E-state index contributed by atoms with van der Waals surface area (Å²) < 4.78 is 26.7. The molecule has 10 heteroatoms. The van der Waals surface area contributed by atoms with Gasteiger partial charge in [0, 0.05) is 19.0 Å². The predicted octanol–water partition coefficient (Wildman–Crippen LogP) is 5.23. The lowest BCUT2D eigenvalue weighted by Gasteiger charge is -2.34. The maximum atomic E-state index is 14.0. The molecule has 0 radical (unpaired) electrons. The van der Waals surface area contributed by atoms with Crippen LogP contribution in [0.4, 0.5) is 5.69 Å². The van der Waals surface area contributed by atoms with E-state index in [1.165, 1.54) is 4.90 Å². The van der Waals surface area contributed by atoms with Crippen molar-refractivity contribution in [3.05, 3.63) is 99.5 Å². The van der Waals surface area contributed by atoms with Crippen molar-refractivity contribution in [3.8, 4) is 0 Å². The molecule has 1 N–H and O–H groups in total. The molecule has 1 atom stereocenters. The van der Waals surface area contributed by atoms with E-state index >= 15 is 0 Å². The van der Waals surface area contributed by atoms with Crippen molar-refractivity contribution in [2.45, 2.75) is 45.8 Å². The van der Waals surface area contributed by atoms with Crippen LogP contribution in [0.1, 0.15) is 30.5 Å². The maximum absolute atomic E-state index is 14.0. The Morgan fingerprint density at radius 2 is 1.54 bits per heavy atom. The normalized spacial score (nSPS) is 12.2. The average molecular weight is 591 g/mol. The van der Waals surface area contributed by atoms with E-state index in [1.54, 1.807) is 42.5 Å². The fourth-order valence-corrected chi connectivity index (χ4v) is 5.26. The molecular formula is C29H33Cl2N3O4S. The van der Waals surface area contributed by atoms with Gasteiger partial charge in [-0.25, -0.2) is 8.42 Å². The zero-order valence-electron chi connectivity index (χ0n) is 22.4. The lowest BCUT2D eigenvalue weighted by Crippen LogP contribution is -2.54. The highest BCUT2D eigenvalue weighted by molar-refractivity contribution is 7.92. The van der Waals surface area contributed by atoms with Gasteiger partial charge < -0.3 is 10.2 Å². The Balaban J connectivity index is 2.06. The quantitative estimate of drug-likeness (QED) is 0.331. The summed E-state index contributed by atoms with van der Waals surface area (Å²) in [4.78, 5) is 28.9. The molecule has 0 saturated carbocycles. The summed E-state index contributed by atoms with van der Waals surface area (Å²) in [5, 5.41) is 3.59. The van der Waals surface area contributed by atoms with E-state index in [4.69, 9.17) is 23.2 Å². The lowest BCUT2D eigenvalue weighted by molar-refractivity contribution is -0.140. The fourth-order valence-electron chi connectivity index (χ4n) is 4.09. The van der Waals surface area contributed by atoms with Crippen molar-refractivity contribution in [2.75, 3.05) is 17.1 Å². The van der Waals surface area contributed by atoms with Crippen LogP contribution in [0.15, 0.2) is 72.8 Å². The van der Waals surface area contributed by atoms with Crippen LogP contribution in [0, 0.1) is 6.92 Å². The number of carbonyl (C=O) groups is 2. The van der Waals surface area contributed by atoms with Crippen molar-refractivity contribution in [3.63, 3.8) is 0 Å². The Kier molecular flexibility index (Phi) is 10.4. The minimum Gasteiger partial charge on any atom is -0.352 e. The van der Waals surface area contributed by atoms with Crippen LogP contribution >= 0.6 is 23.2 Å². The number of anilines is 1.